The molecule has 3 aromatic rings. The van der Waals surface area contributed by atoms with Gasteiger partial charge in [0.25, 0.3) is 17.7 Å². The van der Waals surface area contributed by atoms with Gasteiger partial charge < -0.3 is 33.8 Å². The van der Waals surface area contributed by atoms with E-state index in [1.54, 1.807) is 24.3 Å². The summed E-state index contributed by atoms with van der Waals surface area (Å²) >= 11 is 6.21. The second-order valence-electron chi connectivity index (χ2n) is 17.4. The van der Waals surface area contributed by atoms with Gasteiger partial charge in [0.15, 0.2) is 6.73 Å². The topological polar surface area (TPSA) is 150 Å². The number of aromatic nitrogens is 1. The van der Waals surface area contributed by atoms with Gasteiger partial charge >= 0.3 is 6.16 Å². The van der Waals surface area contributed by atoms with Crippen LogP contribution in [0.1, 0.15) is 83.3 Å². The van der Waals surface area contributed by atoms with Crippen molar-refractivity contribution in [3.63, 3.8) is 0 Å². The Balaban J connectivity index is 0.728. The number of rotatable bonds is 10. The fourth-order valence-electron chi connectivity index (χ4n) is 10.1. The van der Waals surface area contributed by atoms with Crippen molar-refractivity contribution in [2.75, 3.05) is 69.5 Å². The van der Waals surface area contributed by atoms with Crippen LogP contribution in [0.4, 0.5) is 26.4 Å². The molecule has 1 aliphatic carbocycles. The second kappa shape index (κ2) is 18.2. The van der Waals surface area contributed by atoms with Gasteiger partial charge in [0, 0.05) is 70.4 Å². The first kappa shape index (κ1) is 43.3. The highest BCUT2D eigenvalue weighted by molar-refractivity contribution is 6.33. The summed E-state index contributed by atoms with van der Waals surface area (Å²) in [6, 6.07) is 11.2. The van der Waals surface area contributed by atoms with Gasteiger partial charge in [-0.2, -0.15) is 0 Å². The van der Waals surface area contributed by atoms with Gasteiger partial charge in [-0.05, 0) is 92.8 Å². The van der Waals surface area contributed by atoms with E-state index in [-0.39, 0.29) is 43.0 Å². The third-order valence-electron chi connectivity index (χ3n) is 13.7. The number of pyridine rings is 1. The highest BCUT2D eigenvalue weighted by atomic mass is 35.5. The number of benzene rings is 2. The molecule has 4 fully saturated rings. The Morgan fingerprint density at radius 3 is 2.33 bits per heavy atom. The number of ether oxygens (including phenoxy) is 3. The fourth-order valence-corrected chi connectivity index (χ4v) is 10.3. The number of methoxy groups -OCH3 is 1. The molecule has 1 atom stereocenters. The number of halogens is 2. The Morgan fingerprint density at radius 2 is 1.61 bits per heavy atom. The number of carbonyl (C=O) groups excluding carboxylic acids is 5. The average molecular weight is 897 g/mol. The van der Waals surface area contributed by atoms with E-state index >= 15 is 4.39 Å². The van der Waals surface area contributed by atoms with Crippen molar-refractivity contribution in [3.05, 3.63) is 87.1 Å². The molecule has 0 spiro atoms. The first-order chi connectivity index (χ1) is 31.0. The average Bonchev–Trinajstić information content (AvgIpc) is 3.81. The number of carbonyl (C=O) groups is 5. The van der Waals surface area contributed by atoms with Crippen LogP contribution in [0.25, 0.3) is 4.85 Å². The van der Waals surface area contributed by atoms with Crippen LogP contribution in [0.2, 0.25) is 5.02 Å². The number of likely N-dealkylation sites (tertiary alicyclic amines) is 1. The first-order valence-electron chi connectivity index (χ1n) is 22.0. The highest BCUT2D eigenvalue weighted by Crippen LogP contribution is 2.37. The number of amides is 4. The summed E-state index contributed by atoms with van der Waals surface area (Å²) in [5.74, 6) is -0.00721. The summed E-state index contributed by atoms with van der Waals surface area (Å²) in [4.78, 5) is 83.5. The summed E-state index contributed by atoms with van der Waals surface area (Å²) in [7, 11) is 1.11. The minimum absolute atomic E-state index is 0.0138. The fraction of sp³-hybridized carbons (Fsp3) is 0.500. The SMILES string of the molecule is [C-]#[N+]c1ccc(OC2CCC(N3Cc4nc(N5CCC(CN6CCN(c7cc8c(cc7F)C(=O)N(C7CCC(=O)N(COC(=O)OC)C7=O)C8)CC6)CC5)ccc4C3=O)CC2)cc1Cl. The van der Waals surface area contributed by atoms with Crippen LogP contribution in [-0.4, -0.2) is 132 Å². The molecule has 0 N–H and O–H groups in total. The van der Waals surface area contributed by atoms with Crippen molar-refractivity contribution in [1.82, 2.24) is 24.6 Å². The molecule has 4 amide bonds. The Bertz CT molecular complexity index is 2390. The predicted molar refractivity (Wildman–Crippen MR) is 232 cm³/mol. The molecule has 18 heteroatoms. The van der Waals surface area contributed by atoms with E-state index in [4.69, 9.17) is 32.6 Å². The summed E-state index contributed by atoms with van der Waals surface area (Å²) in [5.41, 5.74) is 3.18. The predicted octanol–water partition coefficient (Wildman–Crippen LogP) is 6.02. The molecule has 6 aliphatic rings. The van der Waals surface area contributed by atoms with Gasteiger partial charge in [-0.3, -0.25) is 24.1 Å². The summed E-state index contributed by atoms with van der Waals surface area (Å²) in [5, 5.41) is 0.384. The van der Waals surface area contributed by atoms with Gasteiger partial charge in [-0.15, -0.1) is 0 Å². The number of fused-ring (bicyclic) bond motifs is 2. The van der Waals surface area contributed by atoms with E-state index in [1.807, 2.05) is 21.9 Å². The molecular weight excluding hydrogens is 847 g/mol. The standard InChI is InChI=1S/C46H50ClFN8O8/c1-49-37-9-7-32(22-35(37)47)64-31-5-3-30(4-6-31)54-26-38-33(43(54)58)8-11-41(50-38)53-15-13-28(14-16-53)24-51-17-19-52(20-18-51)40-21-29-25-55(44(59)34(29)23-36(40)48)39-10-12-42(57)56(45(39)60)27-63-46(61)62-2/h7-9,11,21-23,28,30-31,39H,3-6,10,12-20,24-27H2,2H3. The molecule has 64 heavy (non-hydrogen) atoms. The van der Waals surface area contributed by atoms with Crippen molar-refractivity contribution < 1.29 is 42.6 Å². The zero-order valence-corrected chi connectivity index (χ0v) is 36.4. The lowest BCUT2D eigenvalue weighted by Gasteiger charge is -2.40. The maximum Gasteiger partial charge on any atom is 0.509 e. The molecule has 336 valence electrons. The van der Waals surface area contributed by atoms with Crippen LogP contribution in [0.5, 0.6) is 5.75 Å². The van der Waals surface area contributed by atoms with Gasteiger partial charge in [0.05, 0.1) is 48.3 Å². The number of piperazine rings is 1. The molecule has 5 aliphatic heterocycles. The van der Waals surface area contributed by atoms with E-state index in [0.717, 1.165) is 94.8 Å². The zero-order valence-electron chi connectivity index (χ0n) is 35.7. The second-order valence-corrected chi connectivity index (χ2v) is 17.8. The number of hydrogen-bond acceptors (Lipinski definition) is 12. The van der Waals surface area contributed by atoms with Gasteiger partial charge in [-0.25, -0.2) is 23.9 Å². The molecule has 1 saturated carbocycles. The van der Waals surface area contributed by atoms with Gasteiger partial charge in [0.1, 0.15) is 23.4 Å². The highest BCUT2D eigenvalue weighted by Gasteiger charge is 2.44. The molecule has 0 radical (unpaired) electrons. The van der Waals surface area contributed by atoms with E-state index in [9.17, 15) is 24.0 Å². The van der Waals surface area contributed by atoms with Crippen LogP contribution in [0, 0.1) is 18.3 Å². The summed E-state index contributed by atoms with van der Waals surface area (Å²) in [6.45, 7) is 12.7. The van der Waals surface area contributed by atoms with Crippen LogP contribution in [0.3, 0.4) is 0 Å². The maximum absolute atomic E-state index is 15.7. The lowest BCUT2D eigenvalue weighted by molar-refractivity contribution is -0.157. The van der Waals surface area contributed by atoms with E-state index in [1.165, 1.54) is 11.0 Å². The number of imide groups is 1. The summed E-state index contributed by atoms with van der Waals surface area (Å²) < 4.78 is 31.1. The number of piperidine rings is 2. The lowest BCUT2D eigenvalue weighted by Crippen LogP contribution is -2.55. The molecule has 6 heterocycles. The normalized spacial score (nSPS) is 23.0. The van der Waals surface area contributed by atoms with Crippen molar-refractivity contribution in [3.8, 4) is 5.75 Å². The molecule has 9 rings (SSSR count). The molecule has 0 bridgehead atoms. The molecule has 16 nitrogen and oxygen atoms in total. The monoisotopic (exact) mass is 896 g/mol. The van der Waals surface area contributed by atoms with Gasteiger partial charge in [0.2, 0.25) is 11.6 Å². The smallest absolute Gasteiger partial charge is 0.490 e. The van der Waals surface area contributed by atoms with Crippen LogP contribution >= 0.6 is 11.6 Å². The molecule has 3 saturated heterocycles. The number of anilines is 2. The first-order valence-corrected chi connectivity index (χ1v) is 22.4. The van der Waals surface area contributed by atoms with E-state index < -0.39 is 42.5 Å². The molecular formula is C46H50ClFN8O8. The number of hydrogen-bond donors (Lipinski definition) is 0. The van der Waals surface area contributed by atoms with Crippen LogP contribution < -0.4 is 14.5 Å². The zero-order chi connectivity index (χ0) is 44.6. The van der Waals surface area contributed by atoms with Crippen molar-refractivity contribution in [2.24, 2.45) is 5.92 Å². The van der Waals surface area contributed by atoms with E-state index in [0.29, 0.717) is 58.8 Å². The molecule has 1 unspecified atom stereocenters. The maximum atomic E-state index is 15.7. The number of nitrogens with zero attached hydrogens (tertiary/aromatic N) is 8. The minimum atomic E-state index is -1.04. The summed E-state index contributed by atoms with van der Waals surface area (Å²) in [6.07, 6.45) is 4.46. The molecule has 2 aromatic carbocycles. The Labute approximate surface area is 375 Å². The Kier molecular flexibility index (Phi) is 12.3. The third kappa shape index (κ3) is 8.65. The molecule has 1 aromatic heterocycles. The Hall–Kier alpha value is -5.99. The quantitative estimate of drug-likeness (QED) is 0.133. The van der Waals surface area contributed by atoms with Crippen LogP contribution in [-0.2, 0) is 32.2 Å². The third-order valence-corrected chi connectivity index (χ3v) is 14.0. The largest absolute Gasteiger partial charge is 0.509 e. The van der Waals surface area contributed by atoms with Crippen molar-refractivity contribution >= 4 is 58.6 Å². The van der Waals surface area contributed by atoms with Crippen LogP contribution in [0.15, 0.2) is 42.5 Å². The van der Waals surface area contributed by atoms with E-state index in [2.05, 4.69) is 19.4 Å². The lowest BCUT2D eigenvalue weighted by atomic mass is 9.92. The minimum Gasteiger partial charge on any atom is -0.490 e. The van der Waals surface area contributed by atoms with Crippen molar-refractivity contribution in [1.29, 1.82) is 0 Å². The Morgan fingerprint density at radius 1 is 0.859 bits per heavy atom. The van der Waals surface area contributed by atoms with Gasteiger partial charge in [-0.1, -0.05) is 17.7 Å². The van der Waals surface area contributed by atoms with Crippen molar-refractivity contribution in [2.45, 2.75) is 82.6 Å².